The number of aromatic nitrogens is 4. The number of aliphatic hydroxyl groups is 3. The van der Waals surface area contributed by atoms with Gasteiger partial charge < -0.3 is 30.7 Å². The van der Waals surface area contributed by atoms with Crippen molar-refractivity contribution in [2.24, 2.45) is 0 Å². The van der Waals surface area contributed by atoms with Crippen molar-refractivity contribution in [3.05, 3.63) is 45.0 Å². The van der Waals surface area contributed by atoms with E-state index in [1.807, 2.05) is 24.3 Å². The Hall–Kier alpha value is -2.10. The van der Waals surface area contributed by atoms with Gasteiger partial charge in [0.1, 0.15) is 18.3 Å². The summed E-state index contributed by atoms with van der Waals surface area (Å²) < 4.78 is 8.09. The van der Waals surface area contributed by atoms with E-state index >= 15 is 0 Å². The zero-order valence-corrected chi connectivity index (χ0v) is 18.7. The summed E-state index contributed by atoms with van der Waals surface area (Å²) in [5, 5.41) is 35.8. The molecule has 0 saturated carbocycles. The number of fused-ring (bicyclic) bond motifs is 1. The van der Waals surface area contributed by atoms with Crippen LogP contribution < -0.4 is 10.6 Å². The van der Waals surface area contributed by atoms with Gasteiger partial charge in [0.15, 0.2) is 29.4 Å². The van der Waals surface area contributed by atoms with Crippen LogP contribution in [0.25, 0.3) is 11.2 Å². The Labute approximate surface area is 194 Å². The molecule has 1 aliphatic heterocycles. The van der Waals surface area contributed by atoms with E-state index in [1.165, 1.54) is 10.9 Å². The van der Waals surface area contributed by atoms with Crippen LogP contribution in [0.1, 0.15) is 11.8 Å². The van der Waals surface area contributed by atoms with Crippen molar-refractivity contribution in [3.8, 4) is 0 Å². The molecule has 0 aliphatic carbocycles. The number of imidazole rings is 1. The molecule has 1 aliphatic rings. The van der Waals surface area contributed by atoms with Crippen molar-refractivity contribution in [2.45, 2.75) is 37.3 Å². The number of rotatable bonds is 7. The number of ether oxygens (including phenoxy) is 1. The van der Waals surface area contributed by atoms with E-state index in [-0.39, 0.29) is 17.3 Å². The Morgan fingerprint density at radius 3 is 2.87 bits per heavy atom. The Morgan fingerprint density at radius 2 is 2.13 bits per heavy atom. The van der Waals surface area contributed by atoms with Gasteiger partial charge in [-0.2, -0.15) is 9.97 Å². The van der Waals surface area contributed by atoms with E-state index < -0.39 is 30.8 Å². The van der Waals surface area contributed by atoms with Crippen LogP contribution in [0.3, 0.4) is 0 Å². The van der Waals surface area contributed by atoms with Crippen molar-refractivity contribution >= 4 is 57.6 Å². The maximum Gasteiger partial charge on any atom is 0.226 e. The summed E-state index contributed by atoms with van der Waals surface area (Å²) in [4.78, 5) is 23.3. The van der Waals surface area contributed by atoms with Crippen molar-refractivity contribution < 1.29 is 24.9 Å². The number of carbonyl (C=O) groups excluding carboxylic acids is 1. The van der Waals surface area contributed by atoms with Crippen molar-refractivity contribution in [1.82, 2.24) is 24.8 Å². The van der Waals surface area contributed by atoms with Gasteiger partial charge in [-0.3, -0.25) is 9.36 Å². The van der Waals surface area contributed by atoms with Crippen LogP contribution in [-0.4, -0.2) is 65.8 Å². The summed E-state index contributed by atoms with van der Waals surface area (Å²) in [5.41, 5.74) is 1.68. The third kappa shape index (κ3) is 4.44. The number of hydrogen-bond acceptors (Lipinski definition) is 9. The third-order valence-corrected chi connectivity index (χ3v) is 5.68. The van der Waals surface area contributed by atoms with Gasteiger partial charge in [-0.05, 0) is 51.9 Å². The van der Waals surface area contributed by atoms with Crippen LogP contribution in [0.4, 0.5) is 5.82 Å². The van der Waals surface area contributed by atoms with Gasteiger partial charge in [0.05, 0.1) is 6.33 Å². The van der Waals surface area contributed by atoms with Gasteiger partial charge in [-0.15, -0.1) is 0 Å². The average Bonchev–Trinajstić information content (AvgIpc) is 3.27. The van der Waals surface area contributed by atoms with Gasteiger partial charge in [0.25, 0.3) is 0 Å². The quantitative estimate of drug-likeness (QED) is 0.119. The molecule has 1 fully saturated rings. The highest BCUT2D eigenvalue weighted by molar-refractivity contribution is 14.1. The standard InChI is InChI=1S/C18H18ClIN6O5/c19-18-24-14(21-5-8-2-1-3-9(20)4-8)10-15(25-18)26(6-22-10)17-12(29)11(28)13(31-17)16(30)23-7-27/h1-4,6-7,11-13,16-17,28-30H,5H2,(H,23,27)(H,21,24,25)/t11-,12+,13-,16?,17+/m0/s1. The fourth-order valence-corrected chi connectivity index (χ4v) is 4.15. The zero-order valence-electron chi connectivity index (χ0n) is 15.8. The highest BCUT2D eigenvalue weighted by atomic mass is 127. The van der Waals surface area contributed by atoms with Crippen LogP contribution >= 0.6 is 34.2 Å². The Kier molecular flexibility index (Phi) is 6.55. The molecule has 0 bridgehead atoms. The Morgan fingerprint density at radius 1 is 1.32 bits per heavy atom. The largest absolute Gasteiger partial charge is 0.387 e. The van der Waals surface area contributed by atoms with Gasteiger partial charge in [0.2, 0.25) is 11.7 Å². The Bertz CT molecular complexity index is 1100. The number of nitrogens with zero attached hydrogens (tertiary/aromatic N) is 4. The molecule has 5 N–H and O–H groups in total. The van der Waals surface area contributed by atoms with Crippen LogP contribution in [0.5, 0.6) is 0 Å². The minimum Gasteiger partial charge on any atom is -0.387 e. The smallest absolute Gasteiger partial charge is 0.226 e. The topological polar surface area (TPSA) is 155 Å². The Balaban J connectivity index is 1.62. The number of anilines is 1. The van der Waals surface area contributed by atoms with Gasteiger partial charge in [0, 0.05) is 10.1 Å². The summed E-state index contributed by atoms with van der Waals surface area (Å²) in [6.07, 6.45) is -5.12. The molecule has 1 saturated heterocycles. The summed E-state index contributed by atoms with van der Waals surface area (Å²) in [5.74, 6) is 0.389. The minimum atomic E-state index is -1.51. The lowest BCUT2D eigenvalue weighted by Gasteiger charge is -2.20. The molecule has 4 rings (SSSR count). The maximum absolute atomic E-state index is 10.6. The summed E-state index contributed by atoms with van der Waals surface area (Å²) in [6.45, 7) is 0.471. The normalized spacial score (nSPS) is 24.3. The molecular formula is C18H18ClIN6O5. The number of halogens is 2. The van der Waals surface area contributed by atoms with E-state index in [2.05, 4.69) is 48.2 Å². The molecule has 164 valence electrons. The van der Waals surface area contributed by atoms with Crippen molar-refractivity contribution in [3.63, 3.8) is 0 Å². The second-order valence-corrected chi connectivity index (χ2v) is 8.43. The lowest BCUT2D eigenvalue weighted by atomic mass is 10.1. The van der Waals surface area contributed by atoms with Gasteiger partial charge in [-0.25, -0.2) is 4.98 Å². The first kappa shape index (κ1) is 22.1. The molecule has 11 nitrogen and oxygen atoms in total. The molecule has 0 radical (unpaired) electrons. The molecule has 5 atom stereocenters. The molecule has 1 unspecified atom stereocenters. The first-order valence-corrected chi connectivity index (χ1v) is 10.6. The maximum atomic E-state index is 10.6. The van der Waals surface area contributed by atoms with Gasteiger partial charge in [-0.1, -0.05) is 12.1 Å². The highest BCUT2D eigenvalue weighted by Gasteiger charge is 2.47. The molecule has 3 heterocycles. The lowest BCUT2D eigenvalue weighted by Crippen LogP contribution is -2.46. The van der Waals surface area contributed by atoms with Crippen LogP contribution in [0.15, 0.2) is 30.6 Å². The molecule has 1 amide bonds. The van der Waals surface area contributed by atoms with E-state index in [9.17, 15) is 20.1 Å². The summed E-state index contributed by atoms with van der Waals surface area (Å²) in [6, 6.07) is 7.93. The van der Waals surface area contributed by atoms with Gasteiger partial charge >= 0.3 is 0 Å². The van der Waals surface area contributed by atoms with Crippen LogP contribution in [-0.2, 0) is 16.1 Å². The fraction of sp³-hybridized carbons (Fsp3) is 0.333. The predicted molar refractivity (Wildman–Crippen MR) is 118 cm³/mol. The molecule has 2 aromatic heterocycles. The average molecular weight is 561 g/mol. The fourth-order valence-electron chi connectivity index (χ4n) is 3.37. The second kappa shape index (κ2) is 9.18. The molecule has 0 spiro atoms. The minimum absolute atomic E-state index is 0.0494. The number of aliphatic hydroxyl groups excluding tert-OH is 3. The van der Waals surface area contributed by atoms with E-state index in [1.54, 1.807) is 0 Å². The first-order chi connectivity index (χ1) is 14.9. The van der Waals surface area contributed by atoms with E-state index in [0.717, 1.165) is 9.13 Å². The number of hydrogen-bond donors (Lipinski definition) is 5. The van der Waals surface area contributed by atoms with E-state index in [0.29, 0.717) is 17.9 Å². The van der Waals surface area contributed by atoms with Crippen molar-refractivity contribution in [2.75, 3.05) is 5.32 Å². The number of benzene rings is 1. The van der Waals surface area contributed by atoms with Crippen LogP contribution in [0, 0.1) is 3.57 Å². The second-order valence-electron chi connectivity index (χ2n) is 6.85. The molecule has 1 aromatic carbocycles. The highest BCUT2D eigenvalue weighted by Crippen LogP contribution is 2.33. The number of carbonyl (C=O) groups is 1. The molecule has 13 heteroatoms. The predicted octanol–water partition coefficient (Wildman–Crippen LogP) is 0.380. The molecule has 31 heavy (non-hydrogen) atoms. The first-order valence-electron chi connectivity index (χ1n) is 9.17. The third-order valence-electron chi connectivity index (χ3n) is 4.84. The van der Waals surface area contributed by atoms with Crippen molar-refractivity contribution in [1.29, 1.82) is 0 Å². The summed E-state index contributed by atoms with van der Waals surface area (Å²) >= 11 is 8.33. The molecule has 3 aromatic rings. The van der Waals surface area contributed by atoms with Crippen LogP contribution in [0.2, 0.25) is 5.28 Å². The monoisotopic (exact) mass is 560 g/mol. The summed E-state index contributed by atoms with van der Waals surface area (Å²) in [7, 11) is 0. The molecular weight excluding hydrogens is 543 g/mol. The SMILES string of the molecule is O=CNC(O)[C@H]1O[C@@H](n2cnc3c(NCc4cccc(I)c4)nc(Cl)nc32)[C@H](O)[C@@H]1O. The lowest BCUT2D eigenvalue weighted by molar-refractivity contribution is -0.122. The number of nitrogens with one attached hydrogen (secondary N) is 2. The van der Waals surface area contributed by atoms with E-state index in [4.69, 9.17) is 16.3 Å². The number of amides is 1. The zero-order chi connectivity index (χ0) is 22.1.